The fourth-order valence-corrected chi connectivity index (χ4v) is 2.59. The summed E-state index contributed by atoms with van der Waals surface area (Å²) in [6, 6.07) is 4.68. The van der Waals surface area contributed by atoms with Crippen molar-refractivity contribution in [3.05, 3.63) is 24.3 Å². The molecule has 1 aromatic carbocycles. The van der Waals surface area contributed by atoms with Crippen LogP contribution in [0.4, 0.5) is 18.9 Å². The van der Waals surface area contributed by atoms with Crippen LogP contribution in [0.25, 0.3) is 0 Å². The predicted molar refractivity (Wildman–Crippen MR) is 79.3 cm³/mol. The highest BCUT2D eigenvalue weighted by atomic mass is 19.4. The Bertz CT molecular complexity index is 566. The number of rotatable bonds is 6. The van der Waals surface area contributed by atoms with E-state index in [0.717, 1.165) is 37.8 Å². The smallest absolute Gasteiger partial charge is 0.456 e. The van der Waals surface area contributed by atoms with Crippen LogP contribution in [0.2, 0.25) is 0 Å². The molecule has 0 saturated heterocycles. The summed E-state index contributed by atoms with van der Waals surface area (Å²) in [6.45, 7) is -0.424. The lowest BCUT2D eigenvalue weighted by atomic mass is 10.1. The Hall–Kier alpha value is -2.25. The van der Waals surface area contributed by atoms with Gasteiger partial charge in [-0.25, -0.2) is 0 Å². The standard InChI is InChI=1S/C16H18F3NO4/c17-16(18,19)24-13-7-5-12(6-8-13)20-14(21)10-23-15(22)9-11-3-1-2-4-11/h5-8,11H,1-4,9-10H2,(H,20,21). The summed E-state index contributed by atoms with van der Waals surface area (Å²) in [6.07, 6.45) is -0.199. The molecule has 0 heterocycles. The number of hydrogen-bond acceptors (Lipinski definition) is 4. The molecule has 0 atom stereocenters. The molecule has 1 aliphatic rings. The van der Waals surface area contributed by atoms with Gasteiger partial charge in [-0.1, -0.05) is 12.8 Å². The van der Waals surface area contributed by atoms with Crippen molar-refractivity contribution in [1.82, 2.24) is 0 Å². The van der Waals surface area contributed by atoms with E-state index in [1.807, 2.05) is 0 Å². The zero-order chi connectivity index (χ0) is 17.6. The maximum atomic E-state index is 12.0. The number of halogens is 3. The van der Waals surface area contributed by atoms with Crippen LogP contribution in [0.3, 0.4) is 0 Å². The first-order chi connectivity index (χ1) is 11.3. The van der Waals surface area contributed by atoms with Gasteiger partial charge in [0.15, 0.2) is 6.61 Å². The van der Waals surface area contributed by atoms with Gasteiger partial charge in [-0.05, 0) is 43.0 Å². The first-order valence-corrected chi connectivity index (χ1v) is 7.63. The molecule has 132 valence electrons. The molecular weight excluding hydrogens is 327 g/mol. The largest absolute Gasteiger partial charge is 0.573 e. The molecule has 0 spiro atoms. The van der Waals surface area contributed by atoms with Gasteiger partial charge in [0.05, 0.1) is 0 Å². The second-order valence-electron chi connectivity index (χ2n) is 5.64. The average Bonchev–Trinajstić information content (AvgIpc) is 2.99. The summed E-state index contributed by atoms with van der Waals surface area (Å²) in [7, 11) is 0. The lowest BCUT2D eigenvalue weighted by Gasteiger charge is -2.11. The molecule has 1 amide bonds. The van der Waals surface area contributed by atoms with Gasteiger partial charge >= 0.3 is 12.3 Å². The minimum absolute atomic E-state index is 0.279. The first-order valence-electron chi connectivity index (χ1n) is 7.63. The van der Waals surface area contributed by atoms with Crippen molar-refractivity contribution >= 4 is 17.6 Å². The van der Waals surface area contributed by atoms with Gasteiger partial charge in [0.25, 0.3) is 5.91 Å². The third-order valence-electron chi connectivity index (χ3n) is 3.67. The Kier molecular flexibility index (Phi) is 6.05. The number of amides is 1. The molecule has 1 aromatic rings. The number of esters is 1. The Balaban J connectivity index is 1.72. The molecule has 24 heavy (non-hydrogen) atoms. The van der Waals surface area contributed by atoms with E-state index in [2.05, 4.69) is 10.1 Å². The number of alkyl halides is 3. The van der Waals surface area contributed by atoms with Crippen LogP contribution in [0, 0.1) is 5.92 Å². The summed E-state index contributed by atoms with van der Waals surface area (Å²) in [5.41, 5.74) is 0.279. The van der Waals surface area contributed by atoms with Crippen LogP contribution in [0.5, 0.6) is 5.75 Å². The van der Waals surface area contributed by atoms with Crippen molar-refractivity contribution < 1.29 is 32.2 Å². The second-order valence-corrected chi connectivity index (χ2v) is 5.64. The highest BCUT2D eigenvalue weighted by Crippen LogP contribution is 2.27. The van der Waals surface area contributed by atoms with Gasteiger partial charge in [0, 0.05) is 12.1 Å². The monoisotopic (exact) mass is 345 g/mol. The first kappa shape index (κ1) is 18.1. The molecule has 8 heteroatoms. The number of benzene rings is 1. The number of hydrogen-bond donors (Lipinski definition) is 1. The molecule has 1 aliphatic carbocycles. The van der Waals surface area contributed by atoms with E-state index >= 15 is 0 Å². The van der Waals surface area contributed by atoms with Crippen molar-refractivity contribution in [2.24, 2.45) is 5.92 Å². The quantitative estimate of drug-likeness (QED) is 0.800. The van der Waals surface area contributed by atoms with Crippen molar-refractivity contribution in [3.63, 3.8) is 0 Å². The van der Waals surface area contributed by atoms with Gasteiger partial charge in [-0.2, -0.15) is 0 Å². The van der Waals surface area contributed by atoms with Gasteiger partial charge in [-0.3, -0.25) is 9.59 Å². The molecule has 2 rings (SSSR count). The lowest BCUT2D eigenvalue weighted by molar-refractivity contribution is -0.274. The predicted octanol–water partition coefficient (Wildman–Crippen LogP) is 3.65. The van der Waals surface area contributed by atoms with Crippen LogP contribution in [0.1, 0.15) is 32.1 Å². The van der Waals surface area contributed by atoms with Gasteiger partial charge in [0.1, 0.15) is 5.75 Å². The number of anilines is 1. The minimum Gasteiger partial charge on any atom is -0.456 e. The van der Waals surface area contributed by atoms with Crippen LogP contribution in [0.15, 0.2) is 24.3 Å². The zero-order valence-corrected chi connectivity index (χ0v) is 12.9. The summed E-state index contributed by atoms with van der Waals surface area (Å²) < 4.78 is 44.7. The molecule has 5 nitrogen and oxygen atoms in total. The topological polar surface area (TPSA) is 64.6 Å². The third kappa shape index (κ3) is 6.47. The molecular formula is C16H18F3NO4. The third-order valence-corrected chi connectivity index (χ3v) is 3.67. The van der Waals surface area contributed by atoms with E-state index in [1.54, 1.807) is 0 Å². The highest BCUT2D eigenvalue weighted by molar-refractivity contribution is 5.92. The normalized spacial score (nSPS) is 15.1. The van der Waals surface area contributed by atoms with Gasteiger partial charge in [-0.15, -0.1) is 13.2 Å². The summed E-state index contributed by atoms with van der Waals surface area (Å²) in [4.78, 5) is 23.3. The Labute approximate surface area is 137 Å². The fraction of sp³-hybridized carbons (Fsp3) is 0.500. The molecule has 0 aromatic heterocycles. The summed E-state index contributed by atoms with van der Waals surface area (Å²) >= 11 is 0. The van der Waals surface area contributed by atoms with Crippen molar-refractivity contribution in [2.45, 2.75) is 38.5 Å². The molecule has 1 fully saturated rings. The second kappa shape index (κ2) is 8.03. The van der Waals surface area contributed by atoms with E-state index < -0.39 is 24.8 Å². The number of ether oxygens (including phenoxy) is 2. The van der Waals surface area contributed by atoms with E-state index in [0.29, 0.717) is 12.3 Å². The maximum Gasteiger partial charge on any atom is 0.573 e. The highest BCUT2D eigenvalue weighted by Gasteiger charge is 2.31. The Morgan fingerprint density at radius 1 is 1.12 bits per heavy atom. The minimum atomic E-state index is -4.77. The van der Waals surface area contributed by atoms with Crippen molar-refractivity contribution in [1.29, 1.82) is 0 Å². The lowest BCUT2D eigenvalue weighted by Crippen LogP contribution is -2.21. The van der Waals surface area contributed by atoms with Crippen LogP contribution in [-0.2, 0) is 14.3 Å². The molecule has 0 aliphatic heterocycles. The average molecular weight is 345 g/mol. The van der Waals surface area contributed by atoms with E-state index in [9.17, 15) is 22.8 Å². The zero-order valence-electron chi connectivity index (χ0n) is 12.9. The van der Waals surface area contributed by atoms with Crippen molar-refractivity contribution in [3.8, 4) is 5.75 Å². The SMILES string of the molecule is O=C(COC(=O)CC1CCCC1)Nc1ccc(OC(F)(F)F)cc1. The van der Waals surface area contributed by atoms with Crippen LogP contribution >= 0.6 is 0 Å². The fourth-order valence-electron chi connectivity index (χ4n) is 2.59. The Morgan fingerprint density at radius 2 is 1.75 bits per heavy atom. The summed E-state index contributed by atoms with van der Waals surface area (Å²) in [5, 5.41) is 2.43. The van der Waals surface area contributed by atoms with Crippen LogP contribution in [-0.4, -0.2) is 24.8 Å². The van der Waals surface area contributed by atoms with E-state index in [1.165, 1.54) is 12.1 Å². The van der Waals surface area contributed by atoms with Crippen LogP contribution < -0.4 is 10.1 Å². The molecule has 1 N–H and O–H groups in total. The van der Waals surface area contributed by atoms with E-state index in [4.69, 9.17) is 4.74 Å². The van der Waals surface area contributed by atoms with Gasteiger partial charge in [0.2, 0.25) is 0 Å². The maximum absolute atomic E-state index is 12.0. The molecule has 0 bridgehead atoms. The molecule has 0 unspecified atom stereocenters. The number of carbonyl (C=O) groups is 2. The number of nitrogens with one attached hydrogen (secondary N) is 1. The van der Waals surface area contributed by atoms with E-state index in [-0.39, 0.29) is 11.4 Å². The van der Waals surface area contributed by atoms with Crippen molar-refractivity contribution in [2.75, 3.05) is 11.9 Å². The number of carbonyl (C=O) groups excluding carboxylic acids is 2. The van der Waals surface area contributed by atoms with Gasteiger partial charge < -0.3 is 14.8 Å². The summed E-state index contributed by atoms with van der Waals surface area (Å²) in [5.74, 6) is -1.02. The molecule has 0 radical (unpaired) electrons. The Morgan fingerprint density at radius 3 is 2.33 bits per heavy atom. The molecule has 1 saturated carbocycles.